The number of fused-ring (bicyclic) bond motifs is 1. The molecule has 17 heavy (non-hydrogen) atoms. The van der Waals surface area contributed by atoms with E-state index in [0.717, 1.165) is 16.7 Å². The number of hydrogen-bond acceptors (Lipinski definition) is 2. The summed E-state index contributed by atoms with van der Waals surface area (Å²) >= 11 is 0. The summed E-state index contributed by atoms with van der Waals surface area (Å²) in [5, 5.41) is 0. The second-order valence-corrected chi connectivity index (χ2v) is 4.90. The first-order valence-corrected chi connectivity index (χ1v) is 5.91. The second kappa shape index (κ2) is 4.32. The molecule has 1 aliphatic heterocycles. The maximum absolute atomic E-state index is 12.1. The van der Waals surface area contributed by atoms with Gasteiger partial charge in [-0.1, -0.05) is 12.1 Å². The van der Waals surface area contributed by atoms with Crippen LogP contribution >= 0.6 is 0 Å². The van der Waals surface area contributed by atoms with Crippen molar-refractivity contribution >= 4 is 11.7 Å². The predicted molar refractivity (Wildman–Crippen MR) is 65.8 cm³/mol. The molecule has 3 nitrogen and oxygen atoms in total. The molecule has 2 rings (SSSR count). The van der Waals surface area contributed by atoms with Crippen LogP contribution in [0.4, 0.5) is 0 Å². The molecule has 0 N–H and O–H groups in total. The lowest BCUT2D eigenvalue weighted by atomic mass is 10.0. The van der Waals surface area contributed by atoms with Crippen molar-refractivity contribution in [2.75, 3.05) is 0 Å². The number of Topliss-reactive ketones (excluding diaryl/α,β-unsaturated/α-hetero) is 1. The van der Waals surface area contributed by atoms with Gasteiger partial charge in [0.05, 0.1) is 0 Å². The molecule has 0 aliphatic carbocycles. The Morgan fingerprint density at radius 2 is 2.12 bits per heavy atom. The zero-order valence-electron chi connectivity index (χ0n) is 10.5. The maximum Gasteiger partial charge on any atom is 0.254 e. The van der Waals surface area contributed by atoms with Gasteiger partial charge in [-0.25, -0.2) is 0 Å². The molecule has 0 bridgehead atoms. The molecule has 0 fully saturated rings. The summed E-state index contributed by atoms with van der Waals surface area (Å²) in [6.45, 7) is 6.28. The fourth-order valence-electron chi connectivity index (χ4n) is 2.19. The van der Waals surface area contributed by atoms with Gasteiger partial charge in [-0.15, -0.1) is 0 Å². The summed E-state index contributed by atoms with van der Waals surface area (Å²) in [5.74, 6) is 0.205. The molecular formula is C14H17NO2. The van der Waals surface area contributed by atoms with Gasteiger partial charge >= 0.3 is 0 Å². The molecule has 1 heterocycles. The second-order valence-electron chi connectivity index (χ2n) is 4.90. The van der Waals surface area contributed by atoms with E-state index in [1.54, 1.807) is 6.92 Å². The number of carbonyl (C=O) groups is 2. The number of benzene rings is 1. The summed E-state index contributed by atoms with van der Waals surface area (Å²) in [5.41, 5.74) is 2.75. The highest BCUT2D eigenvalue weighted by Gasteiger charge is 2.28. The van der Waals surface area contributed by atoms with Gasteiger partial charge in [-0.2, -0.15) is 0 Å². The van der Waals surface area contributed by atoms with Crippen molar-refractivity contribution in [1.82, 2.24) is 4.90 Å². The van der Waals surface area contributed by atoms with E-state index < -0.39 is 0 Å². The number of ketones is 1. The number of amides is 1. The molecule has 1 aromatic carbocycles. The molecule has 1 aliphatic rings. The largest absolute Gasteiger partial charge is 0.332 e. The van der Waals surface area contributed by atoms with E-state index in [1.165, 1.54) is 0 Å². The first-order chi connectivity index (χ1) is 7.99. The van der Waals surface area contributed by atoms with Crippen molar-refractivity contribution in [3.05, 3.63) is 34.9 Å². The first-order valence-electron chi connectivity index (χ1n) is 5.91. The van der Waals surface area contributed by atoms with E-state index in [-0.39, 0.29) is 17.7 Å². The molecular weight excluding hydrogens is 214 g/mol. The summed E-state index contributed by atoms with van der Waals surface area (Å²) in [4.78, 5) is 25.0. The molecule has 1 amide bonds. The van der Waals surface area contributed by atoms with Crippen LogP contribution in [0.25, 0.3) is 0 Å². The summed E-state index contributed by atoms with van der Waals surface area (Å²) in [6, 6.07) is 5.98. The molecule has 0 atom stereocenters. The highest BCUT2D eigenvalue weighted by Crippen LogP contribution is 2.25. The minimum atomic E-state index is 0.0837. The van der Waals surface area contributed by atoms with Gasteiger partial charge in [-0.3, -0.25) is 9.59 Å². The SMILES string of the molecule is CC(=O)Cc1ccc2c(c1)C(=O)N(C(C)C)C2. The van der Waals surface area contributed by atoms with Crippen molar-refractivity contribution < 1.29 is 9.59 Å². The summed E-state index contributed by atoms with van der Waals surface area (Å²) in [7, 11) is 0. The third-order valence-electron chi connectivity index (χ3n) is 3.08. The topological polar surface area (TPSA) is 37.4 Å². The van der Waals surface area contributed by atoms with E-state index >= 15 is 0 Å². The van der Waals surface area contributed by atoms with E-state index in [9.17, 15) is 9.59 Å². The van der Waals surface area contributed by atoms with Gasteiger partial charge in [0.2, 0.25) is 0 Å². The molecule has 0 unspecified atom stereocenters. The molecule has 90 valence electrons. The Bertz CT molecular complexity index is 477. The predicted octanol–water partition coefficient (Wildman–Crippen LogP) is 2.18. The Morgan fingerprint density at radius 1 is 1.41 bits per heavy atom. The average Bonchev–Trinajstić information content (AvgIpc) is 2.56. The molecule has 0 spiro atoms. The maximum atomic E-state index is 12.1. The van der Waals surface area contributed by atoms with Gasteiger partial charge in [0.15, 0.2) is 0 Å². The first kappa shape index (κ1) is 11.8. The number of hydrogen-bond donors (Lipinski definition) is 0. The Kier molecular flexibility index (Phi) is 3.01. The van der Waals surface area contributed by atoms with Crippen LogP contribution < -0.4 is 0 Å². The van der Waals surface area contributed by atoms with Crippen LogP contribution in [-0.4, -0.2) is 22.6 Å². The third kappa shape index (κ3) is 2.23. The Hall–Kier alpha value is -1.64. The standard InChI is InChI=1S/C14H17NO2/c1-9(2)15-8-12-5-4-11(6-10(3)16)7-13(12)14(15)17/h4-5,7,9H,6,8H2,1-3H3. The highest BCUT2D eigenvalue weighted by molar-refractivity contribution is 5.98. The number of carbonyl (C=O) groups excluding carboxylic acids is 2. The van der Waals surface area contributed by atoms with Crippen molar-refractivity contribution in [3.8, 4) is 0 Å². The van der Waals surface area contributed by atoms with Crippen molar-refractivity contribution in [2.24, 2.45) is 0 Å². The van der Waals surface area contributed by atoms with Crippen LogP contribution in [0.15, 0.2) is 18.2 Å². The lowest BCUT2D eigenvalue weighted by Crippen LogP contribution is -2.30. The van der Waals surface area contributed by atoms with E-state index in [0.29, 0.717) is 13.0 Å². The van der Waals surface area contributed by atoms with Crippen LogP contribution in [0.2, 0.25) is 0 Å². The monoisotopic (exact) mass is 231 g/mol. The molecule has 0 saturated heterocycles. The Labute approximate surface area is 101 Å². The quantitative estimate of drug-likeness (QED) is 0.799. The number of rotatable bonds is 3. The molecule has 0 aromatic heterocycles. The van der Waals surface area contributed by atoms with E-state index in [1.807, 2.05) is 36.9 Å². The summed E-state index contributed by atoms with van der Waals surface area (Å²) in [6.07, 6.45) is 0.405. The van der Waals surface area contributed by atoms with Crippen LogP contribution in [0.3, 0.4) is 0 Å². The highest BCUT2D eigenvalue weighted by atomic mass is 16.2. The van der Waals surface area contributed by atoms with Gasteiger partial charge in [0, 0.05) is 24.6 Å². The van der Waals surface area contributed by atoms with Crippen LogP contribution in [0.1, 0.15) is 42.3 Å². The lowest BCUT2D eigenvalue weighted by molar-refractivity contribution is -0.116. The fraction of sp³-hybridized carbons (Fsp3) is 0.429. The molecule has 3 heteroatoms. The zero-order valence-corrected chi connectivity index (χ0v) is 10.5. The molecule has 1 aromatic rings. The summed E-state index contributed by atoms with van der Waals surface area (Å²) < 4.78 is 0. The Balaban J connectivity index is 2.31. The van der Waals surface area contributed by atoms with Crippen molar-refractivity contribution in [2.45, 2.75) is 39.8 Å². The minimum absolute atomic E-state index is 0.0837. The zero-order chi connectivity index (χ0) is 12.6. The van der Waals surface area contributed by atoms with Crippen LogP contribution in [-0.2, 0) is 17.8 Å². The normalized spacial score (nSPS) is 14.4. The average molecular weight is 231 g/mol. The van der Waals surface area contributed by atoms with Gasteiger partial charge in [-0.05, 0) is 38.0 Å². The minimum Gasteiger partial charge on any atom is -0.332 e. The van der Waals surface area contributed by atoms with Crippen molar-refractivity contribution in [3.63, 3.8) is 0 Å². The van der Waals surface area contributed by atoms with Gasteiger partial charge in [0.1, 0.15) is 5.78 Å². The van der Waals surface area contributed by atoms with E-state index in [4.69, 9.17) is 0 Å². The van der Waals surface area contributed by atoms with Crippen LogP contribution in [0.5, 0.6) is 0 Å². The van der Waals surface area contributed by atoms with Crippen molar-refractivity contribution in [1.29, 1.82) is 0 Å². The Morgan fingerprint density at radius 3 is 2.71 bits per heavy atom. The van der Waals surface area contributed by atoms with Crippen LogP contribution in [0, 0.1) is 0 Å². The smallest absolute Gasteiger partial charge is 0.254 e. The number of nitrogens with zero attached hydrogens (tertiary/aromatic N) is 1. The fourth-order valence-corrected chi connectivity index (χ4v) is 2.19. The lowest BCUT2D eigenvalue weighted by Gasteiger charge is -2.19. The van der Waals surface area contributed by atoms with E-state index in [2.05, 4.69) is 0 Å². The molecule has 0 saturated carbocycles. The van der Waals surface area contributed by atoms with Gasteiger partial charge in [0.25, 0.3) is 5.91 Å². The van der Waals surface area contributed by atoms with Gasteiger partial charge < -0.3 is 4.90 Å². The molecule has 0 radical (unpaired) electrons. The third-order valence-corrected chi connectivity index (χ3v) is 3.08.